The first-order valence-electron chi connectivity index (χ1n) is 6.91. The van der Waals surface area contributed by atoms with Crippen molar-refractivity contribution in [2.45, 2.75) is 52.6 Å². The highest BCUT2D eigenvalue weighted by atomic mass is 15.2. The van der Waals surface area contributed by atoms with Crippen molar-refractivity contribution < 1.29 is 0 Å². The van der Waals surface area contributed by atoms with E-state index in [0.29, 0.717) is 12.0 Å². The molecule has 0 aromatic rings. The Morgan fingerprint density at radius 3 is 2.83 bits per heavy atom. The van der Waals surface area contributed by atoms with Gasteiger partial charge in [-0.25, -0.2) is 4.99 Å². The largest absolute Gasteiger partial charge is 0.307 e. The predicted octanol–water partition coefficient (Wildman–Crippen LogP) is 2.63. The minimum atomic E-state index is 0.247. The number of hydrogen-bond acceptors (Lipinski definition) is 4. The monoisotopic (exact) mass is 250 g/mol. The molecule has 0 fully saturated rings. The molecule has 0 radical (unpaired) electrons. The summed E-state index contributed by atoms with van der Waals surface area (Å²) in [4.78, 5) is 11.2. The fourth-order valence-corrected chi connectivity index (χ4v) is 2.43. The van der Waals surface area contributed by atoms with Crippen LogP contribution in [-0.2, 0) is 0 Å². The van der Waals surface area contributed by atoms with Crippen LogP contribution in [0.15, 0.2) is 9.98 Å². The van der Waals surface area contributed by atoms with Gasteiger partial charge in [0.2, 0.25) is 0 Å². The van der Waals surface area contributed by atoms with Crippen LogP contribution < -0.4 is 0 Å². The molecule has 0 amide bonds. The van der Waals surface area contributed by atoms with E-state index in [0.717, 1.165) is 31.6 Å². The number of rotatable bonds is 6. The molecule has 1 heterocycles. The van der Waals surface area contributed by atoms with E-state index in [1.165, 1.54) is 6.21 Å². The average molecular weight is 250 g/mol. The zero-order valence-electron chi connectivity index (χ0n) is 12.1. The minimum absolute atomic E-state index is 0.247. The molecule has 1 N–H and O–H groups in total. The van der Waals surface area contributed by atoms with Crippen LogP contribution in [0.4, 0.5) is 0 Å². The van der Waals surface area contributed by atoms with Gasteiger partial charge >= 0.3 is 0 Å². The zero-order chi connectivity index (χ0) is 13.5. The van der Waals surface area contributed by atoms with Gasteiger partial charge < -0.3 is 5.41 Å². The summed E-state index contributed by atoms with van der Waals surface area (Å²) in [6.07, 6.45) is 4.95. The van der Waals surface area contributed by atoms with Crippen molar-refractivity contribution in [1.82, 2.24) is 4.90 Å². The first-order valence-corrected chi connectivity index (χ1v) is 6.91. The molecule has 4 nitrogen and oxygen atoms in total. The van der Waals surface area contributed by atoms with E-state index in [1.54, 1.807) is 6.34 Å². The number of aliphatic imine (C=N–C) groups is 2. The van der Waals surface area contributed by atoms with Gasteiger partial charge in [-0.1, -0.05) is 20.8 Å². The topological polar surface area (TPSA) is 51.8 Å². The fourth-order valence-electron chi connectivity index (χ4n) is 2.43. The van der Waals surface area contributed by atoms with Crippen LogP contribution in [0.3, 0.4) is 0 Å². The SMILES string of the molecule is CCCN(CC(C)C)[C@H]1CC(C=N)=NC=NC1C. The number of nitrogens with zero attached hydrogens (tertiary/aromatic N) is 3. The standard InChI is InChI=1S/C14H26N4/c1-5-6-18(9-11(2)3)14-7-13(8-15)17-10-16-12(14)4/h8,10-12,14-15H,5-7,9H2,1-4H3/t12?,14-/m0/s1. The van der Waals surface area contributed by atoms with Crippen molar-refractivity contribution in [2.24, 2.45) is 15.9 Å². The van der Waals surface area contributed by atoms with Crippen molar-refractivity contribution >= 4 is 18.3 Å². The molecule has 0 aliphatic carbocycles. The maximum absolute atomic E-state index is 7.40. The molecule has 1 rings (SSSR count). The highest BCUT2D eigenvalue weighted by Gasteiger charge is 2.26. The van der Waals surface area contributed by atoms with Crippen LogP contribution >= 0.6 is 0 Å². The van der Waals surface area contributed by atoms with E-state index in [1.807, 2.05) is 0 Å². The van der Waals surface area contributed by atoms with Crippen LogP contribution in [0.25, 0.3) is 0 Å². The Balaban J connectivity index is 2.82. The van der Waals surface area contributed by atoms with Crippen molar-refractivity contribution in [3.8, 4) is 0 Å². The lowest BCUT2D eigenvalue weighted by Gasteiger charge is -2.34. The van der Waals surface area contributed by atoms with Gasteiger partial charge in [0, 0.05) is 25.2 Å². The van der Waals surface area contributed by atoms with Crippen molar-refractivity contribution in [3.05, 3.63) is 0 Å². The van der Waals surface area contributed by atoms with E-state index < -0.39 is 0 Å². The van der Waals surface area contributed by atoms with Crippen LogP contribution in [0.1, 0.15) is 40.5 Å². The second-order valence-electron chi connectivity index (χ2n) is 5.43. The van der Waals surface area contributed by atoms with Crippen LogP contribution in [-0.4, -0.2) is 48.3 Å². The van der Waals surface area contributed by atoms with Gasteiger partial charge in [0.15, 0.2) is 0 Å². The summed E-state index contributed by atoms with van der Waals surface area (Å²) in [7, 11) is 0. The highest BCUT2D eigenvalue weighted by Crippen LogP contribution is 2.17. The molecule has 0 saturated heterocycles. The van der Waals surface area contributed by atoms with Gasteiger partial charge in [-0.05, 0) is 25.8 Å². The van der Waals surface area contributed by atoms with E-state index in [-0.39, 0.29) is 6.04 Å². The molecule has 18 heavy (non-hydrogen) atoms. The third-order valence-corrected chi connectivity index (χ3v) is 3.25. The average Bonchev–Trinajstić information content (AvgIpc) is 2.50. The van der Waals surface area contributed by atoms with Crippen LogP contribution in [0.2, 0.25) is 0 Å². The Labute approximate surface area is 111 Å². The summed E-state index contributed by atoms with van der Waals surface area (Å²) in [6.45, 7) is 11.0. The molecule has 0 bridgehead atoms. The summed E-state index contributed by atoms with van der Waals surface area (Å²) in [6, 6.07) is 0.614. The molecule has 0 aromatic heterocycles. The van der Waals surface area contributed by atoms with E-state index in [2.05, 4.69) is 42.6 Å². The highest BCUT2D eigenvalue weighted by molar-refractivity contribution is 6.31. The normalized spacial score (nSPS) is 24.2. The Kier molecular flexibility index (Phi) is 6.19. The molecular formula is C14H26N4. The van der Waals surface area contributed by atoms with Gasteiger partial charge in [-0.2, -0.15) is 0 Å². The summed E-state index contributed by atoms with van der Waals surface area (Å²) >= 11 is 0. The molecule has 0 spiro atoms. The summed E-state index contributed by atoms with van der Waals surface area (Å²) in [5.41, 5.74) is 0.831. The summed E-state index contributed by atoms with van der Waals surface area (Å²) in [5, 5.41) is 7.40. The first kappa shape index (κ1) is 15.0. The summed E-state index contributed by atoms with van der Waals surface area (Å²) in [5.74, 6) is 0.649. The maximum Gasteiger partial charge on any atom is 0.110 e. The van der Waals surface area contributed by atoms with Crippen molar-refractivity contribution in [1.29, 1.82) is 5.41 Å². The van der Waals surface area contributed by atoms with Crippen LogP contribution in [0, 0.1) is 11.3 Å². The molecule has 1 aliphatic rings. The van der Waals surface area contributed by atoms with E-state index in [9.17, 15) is 0 Å². The Bertz CT molecular complexity index is 320. The fraction of sp³-hybridized carbons (Fsp3) is 0.786. The van der Waals surface area contributed by atoms with E-state index >= 15 is 0 Å². The van der Waals surface area contributed by atoms with Gasteiger partial charge in [0.1, 0.15) is 6.34 Å². The smallest absolute Gasteiger partial charge is 0.110 e. The van der Waals surface area contributed by atoms with Crippen molar-refractivity contribution in [2.75, 3.05) is 13.1 Å². The quantitative estimate of drug-likeness (QED) is 0.724. The second kappa shape index (κ2) is 7.41. The second-order valence-corrected chi connectivity index (χ2v) is 5.43. The zero-order valence-corrected chi connectivity index (χ0v) is 12.1. The first-order chi connectivity index (χ1) is 8.58. The predicted molar refractivity (Wildman–Crippen MR) is 79.3 cm³/mol. The molecule has 1 aliphatic heterocycles. The third-order valence-electron chi connectivity index (χ3n) is 3.25. The molecule has 102 valence electrons. The Morgan fingerprint density at radius 2 is 2.28 bits per heavy atom. The van der Waals surface area contributed by atoms with Gasteiger partial charge in [0.05, 0.1) is 11.8 Å². The van der Waals surface area contributed by atoms with E-state index in [4.69, 9.17) is 5.41 Å². The van der Waals surface area contributed by atoms with Gasteiger partial charge in [-0.15, -0.1) is 0 Å². The molecule has 0 saturated carbocycles. The molecule has 2 atom stereocenters. The molecule has 1 unspecified atom stereocenters. The molecule has 0 aromatic carbocycles. The lowest BCUT2D eigenvalue weighted by Crippen LogP contribution is -2.45. The number of hydrogen-bond donors (Lipinski definition) is 1. The lowest BCUT2D eigenvalue weighted by atomic mass is 10.0. The molecular weight excluding hydrogens is 224 g/mol. The Hall–Kier alpha value is -1.03. The maximum atomic E-state index is 7.40. The van der Waals surface area contributed by atoms with Gasteiger partial charge in [0.25, 0.3) is 0 Å². The Morgan fingerprint density at radius 1 is 1.56 bits per heavy atom. The third kappa shape index (κ3) is 4.33. The summed E-state index contributed by atoms with van der Waals surface area (Å²) < 4.78 is 0. The number of nitrogens with one attached hydrogen (secondary N) is 1. The minimum Gasteiger partial charge on any atom is -0.307 e. The molecule has 4 heteroatoms. The van der Waals surface area contributed by atoms with Crippen molar-refractivity contribution in [3.63, 3.8) is 0 Å². The van der Waals surface area contributed by atoms with Crippen LogP contribution in [0.5, 0.6) is 0 Å². The lowest BCUT2D eigenvalue weighted by molar-refractivity contribution is 0.162. The van der Waals surface area contributed by atoms with Gasteiger partial charge in [-0.3, -0.25) is 9.89 Å².